The maximum atomic E-state index is 11.1. The van der Waals surface area contributed by atoms with Crippen LogP contribution in [0.4, 0.5) is 5.82 Å². The summed E-state index contributed by atoms with van der Waals surface area (Å²) in [4.78, 5) is 15.0. The van der Waals surface area contributed by atoms with Crippen LogP contribution in [0.25, 0.3) is 0 Å². The number of anilines is 1. The summed E-state index contributed by atoms with van der Waals surface area (Å²) in [5.41, 5.74) is 0.467. The van der Waals surface area contributed by atoms with Crippen LogP contribution in [-0.2, 0) is 8.59 Å². The first-order valence-corrected chi connectivity index (χ1v) is 5.40. The van der Waals surface area contributed by atoms with Crippen LogP contribution < -0.4 is 5.32 Å². The second kappa shape index (κ2) is 5.01. The van der Waals surface area contributed by atoms with Crippen LogP contribution in [0.1, 0.15) is 18.9 Å². The quantitative estimate of drug-likeness (QED) is 0.836. The monoisotopic (exact) mass is 266 g/mol. The van der Waals surface area contributed by atoms with E-state index in [1.807, 2.05) is 0 Å². The Labute approximate surface area is 103 Å². The fraction of sp³-hybridized carbons (Fsp3) is 0.333. The Balaban J connectivity index is 2.88. The second-order valence-electron chi connectivity index (χ2n) is 2.83. The van der Waals surface area contributed by atoms with E-state index in [0.29, 0.717) is 17.8 Å². The number of amides is 1. The number of hydrogen-bond acceptors (Lipinski definition) is 2. The van der Waals surface area contributed by atoms with E-state index >= 15 is 0 Å². The minimum Gasteiger partial charge on any atom is -0.311 e. The Hall–Kier alpha value is -0.510. The van der Waals surface area contributed by atoms with Gasteiger partial charge in [-0.1, -0.05) is 41.7 Å². The molecule has 1 heterocycles. The molecule has 6 heteroatoms. The number of carbonyl (C=O) groups excluding carboxylic acids is 1. The summed E-state index contributed by atoms with van der Waals surface area (Å²) in [6.07, 6.45) is 1.85. The lowest BCUT2D eigenvalue weighted by atomic mass is 10.3. The summed E-state index contributed by atoms with van der Waals surface area (Å²) in [5, 5.41) is 2.58. The molecule has 0 aliphatic carbocycles. The van der Waals surface area contributed by atoms with E-state index in [2.05, 4.69) is 10.3 Å². The average Bonchev–Trinajstić information content (AvgIpc) is 2.17. The lowest BCUT2D eigenvalue weighted by molar-refractivity contribution is -0.115. The molecular weight excluding hydrogens is 258 g/mol. The molecule has 0 fully saturated rings. The zero-order chi connectivity index (χ0) is 11.5. The summed E-state index contributed by atoms with van der Waals surface area (Å²) in [5.74, 6) is 0.245. The Morgan fingerprint density at radius 2 is 2.20 bits per heavy atom. The highest BCUT2D eigenvalue weighted by Crippen LogP contribution is 2.38. The molecule has 1 amide bonds. The number of hydrogen-bond donors (Lipinski definition) is 1. The lowest BCUT2D eigenvalue weighted by Gasteiger charge is -2.12. The van der Waals surface area contributed by atoms with Crippen LogP contribution in [-0.4, -0.2) is 10.9 Å². The van der Waals surface area contributed by atoms with Crippen molar-refractivity contribution in [1.82, 2.24) is 4.98 Å². The summed E-state index contributed by atoms with van der Waals surface area (Å²) in [7, 11) is 0. The van der Waals surface area contributed by atoms with Crippen LogP contribution >= 0.6 is 34.8 Å². The number of nitrogens with zero attached hydrogens (tertiary/aromatic N) is 1. The van der Waals surface area contributed by atoms with Gasteiger partial charge in [0.2, 0.25) is 9.70 Å². The fourth-order valence-corrected chi connectivity index (χ4v) is 1.26. The average molecular weight is 268 g/mol. The third-order valence-corrected chi connectivity index (χ3v) is 2.33. The van der Waals surface area contributed by atoms with Gasteiger partial charge in [-0.05, 0) is 12.1 Å². The van der Waals surface area contributed by atoms with Gasteiger partial charge < -0.3 is 5.32 Å². The predicted molar refractivity (Wildman–Crippen MR) is 62.4 cm³/mol. The molecule has 0 saturated carbocycles. The minimum atomic E-state index is -1.51. The van der Waals surface area contributed by atoms with Gasteiger partial charge in [0.05, 0.1) is 0 Å². The van der Waals surface area contributed by atoms with Crippen LogP contribution in [0.5, 0.6) is 0 Å². The van der Waals surface area contributed by atoms with Gasteiger partial charge in [0, 0.05) is 18.2 Å². The summed E-state index contributed by atoms with van der Waals surface area (Å²) < 4.78 is -1.51. The number of pyridine rings is 1. The first-order valence-electron chi connectivity index (χ1n) is 4.26. The van der Waals surface area contributed by atoms with Crippen LogP contribution in [0.3, 0.4) is 0 Å². The van der Waals surface area contributed by atoms with Crippen molar-refractivity contribution in [1.29, 1.82) is 0 Å². The van der Waals surface area contributed by atoms with E-state index in [1.165, 1.54) is 12.3 Å². The van der Waals surface area contributed by atoms with Crippen molar-refractivity contribution in [3.05, 3.63) is 23.9 Å². The molecule has 0 aliphatic heterocycles. The molecule has 0 aromatic carbocycles. The topological polar surface area (TPSA) is 42.0 Å². The summed E-state index contributed by atoms with van der Waals surface area (Å²) in [6, 6.07) is 3.11. The van der Waals surface area contributed by atoms with E-state index in [0.717, 1.165) is 0 Å². The molecule has 0 atom stereocenters. The molecule has 1 rings (SSSR count). The first kappa shape index (κ1) is 12.6. The van der Waals surface area contributed by atoms with Crippen molar-refractivity contribution in [2.24, 2.45) is 0 Å². The highest BCUT2D eigenvalue weighted by atomic mass is 35.6. The fourth-order valence-electron chi connectivity index (χ4n) is 0.906. The molecule has 0 unspecified atom stereocenters. The van der Waals surface area contributed by atoms with Crippen LogP contribution in [0.2, 0.25) is 0 Å². The van der Waals surface area contributed by atoms with E-state index in [4.69, 9.17) is 34.8 Å². The third kappa shape index (κ3) is 3.86. The van der Waals surface area contributed by atoms with Gasteiger partial charge in [0.1, 0.15) is 5.82 Å². The zero-order valence-corrected chi connectivity index (χ0v) is 10.2. The summed E-state index contributed by atoms with van der Waals surface area (Å²) in [6.45, 7) is 1.74. The number of rotatable bonds is 2. The number of carbonyl (C=O) groups is 1. The molecule has 1 aromatic heterocycles. The number of alkyl halides is 3. The molecule has 3 nitrogen and oxygen atoms in total. The van der Waals surface area contributed by atoms with Crippen molar-refractivity contribution < 1.29 is 4.79 Å². The van der Waals surface area contributed by atoms with Crippen LogP contribution in [0.15, 0.2) is 18.3 Å². The molecule has 82 valence electrons. The van der Waals surface area contributed by atoms with E-state index in [9.17, 15) is 4.79 Å². The molecule has 1 N–H and O–H groups in total. The number of nitrogens with one attached hydrogen (secondary N) is 1. The van der Waals surface area contributed by atoms with Gasteiger partial charge in [0.15, 0.2) is 0 Å². The molecule has 0 bridgehead atoms. The smallest absolute Gasteiger partial charge is 0.225 e. The van der Waals surface area contributed by atoms with E-state index < -0.39 is 3.79 Å². The molecule has 15 heavy (non-hydrogen) atoms. The standard InChI is InChI=1S/C9H9Cl3N2O/c1-2-8(15)14-7-5-6(3-4-13-7)9(10,11)12/h3-5H,2H2,1H3,(H,13,14,15). The van der Waals surface area contributed by atoms with Crippen molar-refractivity contribution in [2.75, 3.05) is 5.32 Å². The highest BCUT2D eigenvalue weighted by molar-refractivity contribution is 6.66. The predicted octanol–water partition coefficient (Wildman–Crippen LogP) is 3.26. The third-order valence-electron chi connectivity index (χ3n) is 1.68. The normalized spacial score (nSPS) is 11.2. The second-order valence-corrected chi connectivity index (χ2v) is 5.11. The van der Waals surface area contributed by atoms with Gasteiger partial charge in [-0.3, -0.25) is 4.79 Å². The van der Waals surface area contributed by atoms with Gasteiger partial charge in [-0.25, -0.2) is 4.98 Å². The number of halogens is 3. The Morgan fingerprint density at radius 3 is 2.73 bits per heavy atom. The largest absolute Gasteiger partial charge is 0.311 e. The van der Waals surface area contributed by atoms with Gasteiger partial charge in [-0.15, -0.1) is 0 Å². The van der Waals surface area contributed by atoms with E-state index in [-0.39, 0.29) is 5.91 Å². The number of aromatic nitrogens is 1. The first-order chi connectivity index (χ1) is 6.93. The zero-order valence-electron chi connectivity index (χ0n) is 7.93. The molecule has 0 spiro atoms. The maximum Gasteiger partial charge on any atom is 0.225 e. The Kier molecular flexibility index (Phi) is 4.20. The Bertz CT molecular complexity index is 363. The van der Waals surface area contributed by atoms with Crippen LogP contribution in [0, 0.1) is 0 Å². The highest BCUT2D eigenvalue weighted by Gasteiger charge is 2.23. The van der Waals surface area contributed by atoms with Crippen molar-refractivity contribution in [2.45, 2.75) is 17.1 Å². The molecule has 0 radical (unpaired) electrons. The Morgan fingerprint density at radius 1 is 1.53 bits per heavy atom. The summed E-state index contributed by atoms with van der Waals surface area (Å²) >= 11 is 17.1. The lowest BCUT2D eigenvalue weighted by Crippen LogP contribution is -2.11. The van der Waals surface area contributed by atoms with Crippen molar-refractivity contribution >= 4 is 46.5 Å². The maximum absolute atomic E-state index is 11.1. The van der Waals surface area contributed by atoms with Gasteiger partial charge >= 0.3 is 0 Å². The molecule has 1 aromatic rings. The van der Waals surface area contributed by atoms with E-state index in [1.54, 1.807) is 13.0 Å². The minimum absolute atomic E-state index is 0.135. The van der Waals surface area contributed by atoms with Gasteiger partial charge in [0.25, 0.3) is 0 Å². The molecular formula is C9H9Cl3N2O. The van der Waals surface area contributed by atoms with Crippen molar-refractivity contribution in [3.63, 3.8) is 0 Å². The molecule has 0 aliphatic rings. The van der Waals surface area contributed by atoms with Crippen molar-refractivity contribution in [3.8, 4) is 0 Å². The van der Waals surface area contributed by atoms with Gasteiger partial charge in [-0.2, -0.15) is 0 Å². The SMILES string of the molecule is CCC(=O)Nc1cc(C(Cl)(Cl)Cl)ccn1. The molecule has 0 saturated heterocycles.